The van der Waals surface area contributed by atoms with Crippen LogP contribution in [0.1, 0.15) is 11.1 Å². The number of amides is 1. The van der Waals surface area contributed by atoms with Crippen LogP contribution in [-0.2, 0) is 17.8 Å². The van der Waals surface area contributed by atoms with E-state index in [-0.39, 0.29) is 5.91 Å². The van der Waals surface area contributed by atoms with Gasteiger partial charge in [-0.05, 0) is 35.4 Å². The molecule has 0 bridgehead atoms. The van der Waals surface area contributed by atoms with Crippen molar-refractivity contribution in [3.8, 4) is 22.6 Å². The van der Waals surface area contributed by atoms with Crippen LogP contribution in [0.3, 0.4) is 0 Å². The van der Waals surface area contributed by atoms with Gasteiger partial charge < -0.3 is 14.4 Å². The van der Waals surface area contributed by atoms with Crippen molar-refractivity contribution >= 4 is 16.8 Å². The average molecular weight is 425 g/mol. The largest absolute Gasteiger partial charge is 0.493 e. The Hall–Kier alpha value is -3.86. The van der Waals surface area contributed by atoms with Crippen LogP contribution >= 0.6 is 0 Å². The van der Waals surface area contributed by atoms with Gasteiger partial charge in [-0.2, -0.15) is 0 Å². The number of pyridine rings is 1. The number of hydrogen-bond donors (Lipinski definition) is 0. The average Bonchev–Trinajstić information content (AvgIpc) is 3.06. The van der Waals surface area contributed by atoms with Crippen LogP contribution in [0.4, 0.5) is 0 Å². The van der Waals surface area contributed by atoms with E-state index in [0.29, 0.717) is 37.6 Å². The maximum atomic E-state index is 13.0. The summed E-state index contributed by atoms with van der Waals surface area (Å²) in [6.45, 7) is 1.45. The van der Waals surface area contributed by atoms with Gasteiger partial charge in [0, 0.05) is 29.3 Å². The molecule has 160 valence electrons. The van der Waals surface area contributed by atoms with Gasteiger partial charge in [-0.15, -0.1) is 0 Å². The van der Waals surface area contributed by atoms with Crippen LogP contribution < -0.4 is 9.47 Å². The summed E-state index contributed by atoms with van der Waals surface area (Å²) in [4.78, 5) is 19.5. The molecule has 5 rings (SSSR count). The maximum absolute atomic E-state index is 13.0. The molecule has 5 nitrogen and oxygen atoms in total. The summed E-state index contributed by atoms with van der Waals surface area (Å²) < 4.78 is 11.7. The second-order valence-corrected chi connectivity index (χ2v) is 7.91. The lowest BCUT2D eigenvalue weighted by molar-refractivity contribution is -0.131. The van der Waals surface area contributed by atoms with Crippen LogP contribution in [0.5, 0.6) is 11.5 Å². The van der Waals surface area contributed by atoms with E-state index in [9.17, 15) is 4.79 Å². The molecule has 1 aromatic heterocycles. The highest BCUT2D eigenvalue weighted by molar-refractivity contribution is 5.84. The van der Waals surface area contributed by atoms with Crippen molar-refractivity contribution in [2.24, 2.45) is 0 Å². The second kappa shape index (κ2) is 8.71. The molecule has 0 aliphatic carbocycles. The van der Waals surface area contributed by atoms with E-state index in [2.05, 4.69) is 23.2 Å². The van der Waals surface area contributed by atoms with Crippen molar-refractivity contribution in [3.63, 3.8) is 0 Å². The van der Waals surface area contributed by atoms with E-state index in [4.69, 9.17) is 9.47 Å². The number of carbonyl (C=O) groups excluding carboxylic acids is 1. The van der Waals surface area contributed by atoms with Crippen LogP contribution in [0.15, 0.2) is 79.0 Å². The topological polar surface area (TPSA) is 51.7 Å². The Morgan fingerprint density at radius 3 is 2.69 bits per heavy atom. The Bertz CT molecular complexity index is 1270. The molecule has 0 fully saturated rings. The number of ether oxygens (including phenoxy) is 2. The Balaban J connectivity index is 1.48. The molecule has 5 heteroatoms. The van der Waals surface area contributed by atoms with E-state index in [1.807, 2.05) is 65.7 Å². The molecular formula is C27H24N2O3. The minimum Gasteiger partial charge on any atom is -0.493 e. The fourth-order valence-electron chi connectivity index (χ4n) is 4.13. The molecule has 0 atom stereocenters. The van der Waals surface area contributed by atoms with Crippen molar-refractivity contribution < 1.29 is 14.3 Å². The third kappa shape index (κ3) is 4.02. The van der Waals surface area contributed by atoms with Gasteiger partial charge in [-0.1, -0.05) is 48.5 Å². The summed E-state index contributed by atoms with van der Waals surface area (Å²) in [5, 5.41) is 1.08. The van der Waals surface area contributed by atoms with Crippen molar-refractivity contribution in [2.45, 2.75) is 13.0 Å². The highest BCUT2D eigenvalue weighted by Crippen LogP contribution is 2.38. The third-order valence-corrected chi connectivity index (χ3v) is 5.80. The van der Waals surface area contributed by atoms with Crippen LogP contribution in [0.25, 0.3) is 22.0 Å². The summed E-state index contributed by atoms with van der Waals surface area (Å²) in [5.41, 5.74) is 4.89. The lowest BCUT2D eigenvalue weighted by Gasteiger charge is -2.20. The Morgan fingerprint density at radius 2 is 1.84 bits per heavy atom. The monoisotopic (exact) mass is 424 g/mol. The smallest absolute Gasteiger partial charge is 0.227 e. The standard InChI is InChI=1S/C27H24N2O3/c1-31-25-16-21(22-14-20-9-5-6-10-24(20)28-17-22)15-23-18-29(11-12-32-27(23)25)26(30)13-19-7-3-2-4-8-19/h2-10,14-17H,11-13,18H2,1H3. The molecule has 2 heterocycles. The first-order valence-electron chi connectivity index (χ1n) is 10.7. The van der Waals surface area contributed by atoms with Gasteiger partial charge in [0.15, 0.2) is 11.5 Å². The number of aromatic nitrogens is 1. The summed E-state index contributed by atoms with van der Waals surface area (Å²) >= 11 is 0. The molecule has 0 saturated carbocycles. The first-order chi connectivity index (χ1) is 15.7. The van der Waals surface area contributed by atoms with Gasteiger partial charge in [0.05, 0.1) is 25.6 Å². The first kappa shape index (κ1) is 20.1. The highest BCUT2D eigenvalue weighted by atomic mass is 16.5. The molecule has 32 heavy (non-hydrogen) atoms. The van der Waals surface area contributed by atoms with Crippen molar-refractivity contribution in [3.05, 3.63) is 90.1 Å². The molecular weight excluding hydrogens is 400 g/mol. The predicted molar refractivity (Wildman–Crippen MR) is 125 cm³/mol. The number of para-hydroxylation sites is 1. The van der Waals surface area contributed by atoms with Gasteiger partial charge >= 0.3 is 0 Å². The predicted octanol–water partition coefficient (Wildman–Crippen LogP) is 4.87. The summed E-state index contributed by atoms with van der Waals surface area (Å²) in [5.74, 6) is 1.47. The fraction of sp³-hybridized carbons (Fsp3) is 0.185. The lowest BCUT2D eigenvalue weighted by Crippen LogP contribution is -2.33. The number of methoxy groups -OCH3 is 1. The van der Waals surface area contributed by atoms with Gasteiger partial charge in [-0.3, -0.25) is 9.78 Å². The third-order valence-electron chi connectivity index (χ3n) is 5.80. The van der Waals surface area contributed by atoms with Crippen molar-refractivity contribution in [1.82, 2.24) is 9.88 Å². The number of carbonyl (C=O) groups is 1. The van der Waals surface area contributed by atoms with E-state index < -0.39 is 0 Å². The molecule has 0 spiro atoms. The molecule has 1 aliphatic rings. The van der Waals surface area contributed by atoms with Gasteiger partial charge in [0.1, 0.15) is 6.61 Å². The zero-order chi connectivity index (χ0) is 21.9. The van der Waals surface area contributed by atoms with Crippen molar-refractivity contribution in [1.29, 1.82) is 0 Å². The van der Waals surface area contributed by atoms with E-state index in [1.165, 1.54) is 0 Å². The van der Waals surface area contributed by atoms with E-state index in [1.54, 1.807) is 7.11 Å². The van der Waals surface area contributed by atoms with Gasteiger partial charge in [0.25, 0.3) is 0 Å². The zero-order valence-corrected chi connectivity index (χ0v) is 18.0. The fourth-order valence-corrected chi connectivity index (χ4v) is 4.13. The molecule has 0 radical (unpaired) electrons. The Kier molecular flexibility index (Phi) is 5.46. The van der Waals surface area contributed by atoms with Crippen LogP contribution in [0, 0.1) is 0 Å². The number of rotatable bonds is 4. The molecule has 3 aromatic carbocycles. The zero-order valence-electron chi connectivity index (χ0n) is 18.0. The Morgan fingerprint density at radius 1 is 1.03 bits per heavy atom. The molecule has 4 aromatic rings. The SMILES string of the molecule is COc1cc(-c2cnc3ccccc3c2)cc2c1OCCN(C(=O)Cc1ccccc1)C2. The summed E-state index contributed by atoms with van der Waals surface area (Å²) in [6.07, 6.45) is 2.25. The van der Waals surface area contributed by atoms with Gasteiger partial charge in [-0.25, -0.2) is 0 Å². The number of nitrogens with zero attached hydrogens (tertiary/aromatic N) is 2. The molecule has 1 aliphatic heterocycles. The number of benzene rings is 3. The minimum atomic E-state index is 0.0874. The minimum absolute atomic E-state index is 0.0874. The van der Waals surface area contributed by atoms with Crippen molar-refractivity contribution in [2.75, 3.05) is 20.3 Å². The molecule has 0 unspecified atom stereocenters. The second-order valence-electron chi connectivity index (χ2n) is 7.91. The number of fused-ring (bicyclic) bond motifs is 2. The van der Waals surface area contributed by atoms with Crippen LogP contribution in [-0.4, -0.2) is 36.1 Å². The van der Waals surface area contributed by atoms with Gasteiger partial charge in [0.2, 0.25) is 5.91 Å². The molecule has 0 N–H and O–H groups in total. The highest BCUT2D eigenvalue weighted by Gasteiger charge is 2.23. The lowest BCUT2D eigenvalue weighted by atomic mass is 10.0. The maximum Gasteiger partial charge on any atom is 0.227 e. The molecule has 0 saturated heterocycles. The summed E-state index contributed by atoms with van der Waals surface area (Å²) in [7, 11) is 1.64. The normalized spacial score (nSPS) is 13.2. The number of hydrogen-bond acceptors (Lipinski definition) is 4. The first-order valence-corrected chi connectivity index (χ1v) is 10.7. The van der Waals surface area contributed by atoms with E-state index >= 15 is 0 Å². The van der Waals surface area contributed by atoms with Crippen LogP contribution in [0.2, 0.25) is 0 Å². The molecule has 1 amide bonds. The van der Waals surface area contributed by atoms with E-state index in [0.717, 1.165) is 33.2 Å². The quantitative estimate of drug-likeness (QED) is 0.469. The summed E-state index contributed by atoms with van der Waals surface area (Å²) in [6, 6.07) is 24.1. The Labute approximate surface area is 187 Å².